The second-order valence-electron chi connectivity index (χ2n) is 10.6. The molecule has 2 heteroatoms. The van der Waals surface area contributed by atoms with E-state index >= 15 is 0 Å². The molecule has 0 bridgehead atoms. The van der Waals surface area contributed by atoms with E-state index in [0.29, 0.717) is 0 Å². The van der Waals surface area contributed by atoms with E-state index in [1.807, 2.05) is 0 Å². The zero-order valence-corrected chi connectivity index (χ0v) is 23.1. The summed E-state index contributed by atoms with van der Waals surface area (Å²) in [7, 11) is 0. The quantitative estimate of drug-likeness (QED) is 0.212. The summed E-state index contributed by atoms with van der Waals surface area (Å²) in [5.74, 6) is 0. The fourth-order valence-electron chi connectivity index (χ4n) is 6.31. The number of nitrogens with zero attached hydrogens (tertiary/aromatic N) is 2. The van der Waals surface area contributed by atoms with E-state index in [4.69, 9.17) is 0 Å². The van der Waals surface area contributed by atoms with Crippen LogP contribution in [0.1, 0.15) is 0 Å². The summed E-state index contributed by atoms with van der Waals surface area (Å²) < 4.78 is 2.43. The molecule has 0 saturated heterocycles. The first-order chi connectivity index (χ1) is 20.9. The number of rotatable bonds is 5. The lowest BCUT2D eigenvalue weighted by molar-refractivity contribution is 1.18. The van der Waals surface area contributed by atoms with Gasteiger partial charge in [0.1, 0.15) is 0 Å². The fraction of sp³-hybridized carbons (Fsp3) is 0. The van der Waals surface area contributed by atoms with Crippen molar-refractivity contribution in [2.45, 2.75) is 0 Å². The van der Waals surface area contributed by atoms with Gasteiger partial charge >= 0.3 is 0 Å². The van der Waals surface area contributed by atoms with Crippen LogP contribution < -0.4 is 4.90 Å². The Kier molecular flexibility index (Phi) is 5.82. The standard InChI is InChI=1S/C40H28N2/c1-4-15-31(16-5-1)41(32-17-6-2-7-18-32)34-26-24-29(25-27-34)39-35-21-11-10-14-30(35)28-37-36-22-12-13-23-38(36)42(40(37)39)33-19-8-3-9-20-33/h1-28H. The van der Waals surface area contributed by atoms with Crippen molar-refractivity contribution in [3.05, 3.63) is 170 Å². The molecule has 42 heavy (non-hydrogen) atoms. The molecule has 0 aliphatic rings. The van der Waals surface area contributed by atoms with Crippen LogP contribution in [0.4, 0.5) is 17.1 Å². The van der Waals surface area contributed by atoms with E-state index < -0.39 is 0 Å². The second kappa shape index (κ2) is 10.1. The molecule has 0 N–H and O–H groups in total. The number of hydrogen-bond donors (Lipinski definition) is 0. The third-order valence-corrected chi connectivity index (χ3v) is 8.14. The molecule has 7 aromatic carbocycles. The first-order valence-corrected chi connectivity index (χ1v) is 14.4. The summed E-state index contributed by atoms with van der Waals surface area (Å²) in [6.07, 6.45) is 0. The summed E-state index contributed by atoms with van der Waals surface area (Å²) in [4.78, 5) is 2.31. The number of aromatic nitrogens is 1. The molecule has 1 heterocycles. The molecule has 8 rings (SSSR count). The Morgan fingerprint density at radius 1 is 0.405 bits per heavy atom. The maximum atomic E-state index is 2.43. The minimum atomic E-state index is 1.12. The maximum Gasteiger partial charge on any atom is 0.0625 e. The molecule has 0 amide bonds. The summed E-state index contributed by atoms with van der Waals surface area (Å²) in [6, 6.07) is 60.8. The van der Waals surface area contributed by atoms with Crippen molar-refractivity contribution >= 4 is 49.6 Å². The zero-order valence-electron chi connectivity index (χ0n) is 23.1. The van der Waals surface area contributed by atoms with E-state index in [9.17, 15) is 0 Å². The van der Waals surface area contributed by atoms with Crippen LogP contribution in [0.15, 0.2) is 170 Å². The molecule has 2 nitrogen and oxygen atoms in total. The number of benzene rings is 7. The minimum absolute atomic E-state index is 1.12. The Bertz CT molecular complexity index is 2120. The highest BCUT2D eigenvalue weighted by atomic mass is 15.1. The number of fused-ring (bicyclic) bond motifs is 4. The fourth-order valence-corrected chi connectivity index (χ4v) is 6.31. The monoisotopic (exact) mass is 536 g/mol. The largest absolute Gasteiger partial charge is 0.311 e. The van der Waals surface area contributed by atoms with Gasteiger partial charge in [0.05, 0.1) is 11.0 Å². The maximum absolute atomic E-state index is 2.43. The first kappa shape index (κ1) is 24.2. The molecule has 0 spiro atoms. The van der Waals surface area contributed by atoms with E-state index in [1.54, 1.807) is 0 Å². The predicted octanol–water partition coefficient (Wildman–Crippen LogP) is 11.1. The Hall–Kier alpha value is -5.60. The summed E-state index contributed by atoms with van der Waals surface area (Å²) in [5.41, 5.74) is 9.44. The van der Waals surface area contributed by atoms with Crippen molar-refractivity contribution in [1.82, 2.24) is 4.57 Å². The number of anilines is 3. The van der Waals surface area contributed by atoms with Gasteiger partial charge in [-0.25, -0.2) is 0 Å². The normalized spacial score (nSPS) is 11.3. The highest BCUT2D eigenvalue weighted by Crippen LogP contribution is 2.43. The van der Waals surface area contributed by atoms with Crippen LogP contribution in [0.3, 0.4) is 0 Å². The van der Waals surface area contributed by atoms with E-state index in [2.05, 4.69) is 179 Å². The van der Waals surface area contributed by atoms with Crippen LogP contribution in [0.2, 0.25) is 0 Å². The van der Waals surface area contributed by atoms with Gasteiger partial charge in [-0.2, -0.15) is 0 Å². The molecular weight excluding hydrogens is 508 g/mol. The minimum Gasteiger partial charge on any atom is -0.311 e. The molecule has 0 aliphatic heterocycles. The topological polar surface area (TPSA) is 8.17 Å². The Labute approximate surface area is 245 Å². The molecule has 0 fully saturated rings. The van der Waals surface area contributed by atoms with Crippen LogP contribution >= 0.6 is 0 Å². The van der Waals surface area contributed by atoms with Gasteiger partial charge < -0.3 is 9.47 Å². The Morgan fingerprint density at radius 2 is 0.929 bits per heavy atom. The van der Waals surface area contributed by atoms with Gasteiger partial charge in [-0.05, 0) is 77.0 Å². The van der Waals surface area contributed by atoms with Crippen LogP contribution in [-0.4, -0.2) is 4.57 Å². The highest BCUT2D eigenvalue weighted by molar-refractivity contribution is 6.21. The lowest BCUT2D eigenvalue weighted by Gasteiger charge is -2.25. The third-order valence-electron chi connectivity index (χ3n) is 8.14. The number of para-hydroxylation sites is 4. The van der Waals surface area contributed by atoms with Gasteiger partial charge in [0.25, 0.3) is 0 Å². The zero-order chi connectivity index (χ0) is 27.9. The van der Waals surface area contributed by atoms with Crippen molar-refractivity contribution < 1.29 is 0 Å². The number of hydrogen-bond acceptors (Lipinski definition) is 1. The molecule has 8 aromatic rings. The molecule has 0 radical (unpaired) electrons. The van der Waals surface area contributed by atoms with Gasteiger partial charge in [0.15, 0.2) is 0 Å². The Balaban J connectivity index is 1.40. The third kappa shape index (κ3) is 3.96. The van der Waals surface area contributed by atoms with Crippen LogP contribution in [0.5, 0.6) is 0 Å². The van der Waals surface area contributed by atoms with Crippen LogP contribution in [0.25, 0.3) is 49.4 Å². The lowest BCUT2D eigenvalue weighted by Crippen LogP contribution is -2.09. The van der Waals surface area contributed by atoms with Crippen LogP contribution in [-0.2, 0) is 0 Å². The van der Waals surface area contributed by atoms with Crippen molar-refractivity contribution in [3.8, 4) is 16.8 Å². The molecule has 0 saturated carbocycles. The average molecular weight is 537 g/mol. The highest BCUT2D eigenvalue weighted by Gasteiger charge is 2.20. The smallest absolute Gasteiger partial charge is 0.0625 e. The van der Waals surface area contributed by atoms with E-state index in [0.717, 1.165) is 22.7 Å². The molecule has 0 unspecified atom stereocenters. The summed E-state index contributed by atoms with van der Waals surface area (Å²) >= 11 is 0. The SMILES string of the molecule is c1ccc(N(c2ccccc2)c2ccc(-c3c4ccccc4cc4c5ccccc5n(-c5ccccc5)c34)cc2)cc1. The van der Waals surface area contributed by atoms with E-state index in [-0.39, 0.29) is 0 Å². The van der Waals surface area contributed by atoms with Gasteiger partial charge in [0, 0.05) is 39.1 Å². The molecular formula is C40H28N2. The predicted molar refractivity (Wildman–Crippen MR) is 178 cm³/mol. The molecule has 1 aromatic heterocycles. The first-order valence-electron chi connectivity index (χ1n) is 14.4. The van der Waals surface area contributed by atoms with Gasteiger partial charge in [-0.3, -0.25) is 0 Å². The second-order valence-corrected chi connectivity index (χ2v) is 10.6. The van der Waals surface area contributed by atoms with Crippen molar-refractivity contribution in [3.63, 3.8) is 0 Å². The van der Waals surface area contributed by atoms with E-state index in [1.165, 1.54) is 43.7 Å². The van der Waals surface area contributed by atoms with Crippen molar-refractivity contribution in [1.29, 1.82) is 0 Å². The molecule has 0 atom stereocenters. The van der Waals surface area contributed by atoms with Crippen molar-refractivity contribution in [2.75, 3.05) is 4.90 Å². The molecule has 198 valence electrons. The van der Waals surface area contributed by atoms with Gasteiger partial charge in [-0.1, -0.05) is 109 Å². The van der Waals surface area contributed by atoms with Gasteiger partial charge in [0.2, 0.25) is 0 Å². The molecule has 0 aliphatic carbocycles. The summed E-state index contributed by atoms with van der Waals surface area (Å²) in [5, 5.41) is 5.03. The average Bonchev–Trinajstić information content (AvgIpc) is 3.39. The lowest BCUT2D eigenvalue weighted by atomic mass is 9.94. The summed E-state index contributed by atoms with van der Waals surface area (Å²) in [6.45, 7) is 0. The Morgan fingerprint density at radius 3 is 1.60 bits per heavy atom. The van der Waals surface area contributed by atoms with Crippen molar-refractivity contribution in [2.24, 2.45) is 0 Å². The van der Waals surface area contributed by atoms with Gasteiger partial charge in [-0.15, -0.1) is 0 Å². The van der Waals surface area contributed by atoms with Crippen LogP contribution in [0, 0.1) is 0 Å².